The van der Waals surface area contributed by atoms with Crippen LogP contribution in [-0.2, 0) is 0 Å². The van der Waals surface area contributed by atoms with Crippen molar-refractivity contribution in [3.8, 4) is 0 Å². The summed E-state index contributed by atoms with van der Waals surface area (Å²) in [6.07, 6.45) is 4.08. The second kappa shape index (κ2) is 11.0. The smallest absolute Gasteiger partial charge is 0.0923 e. The van der Waals surface area contributed by atoms with Crippen LogP contribution in [0.4, 0.5) is 11.4 Å². The minimum atomic E-state index is 0.561. The Bertz CT molecular complexity index is 811. The Morgan fingerprint density at radius 2 is 1.93 bits per heavy atom. The molecule has 1 saturated heterocycles. The fraction of sp³-hybridized carbons (Fsp3) is 0.391. The van der Waals surface area contributed by atoms with Crippen LogP contribution in [0.3, 0.4) is 0 Å². The van der Waals surface area contributed by atoms with Gasteiger partial charge in [0.15, 0.2) is 0 Å². The van der Waals surface area contributed by atoms with Gasteiger partial charge in [0.2, 0.25) is 0 Å². The number of rotatable bonds is 8. The highest BCUT2D eigenvalue weighted by Crippen LogP contribution is 2.30. The molecule has 29 heavy (non-hydrogen) atoms. The van der Waals surface area contributed by atoms with Gasteiger partial charge >= 0.3 is 0 Å². The van der Waals surface area contributed by atoms with Crippen molar-refractivity contribution in [1.82, 2.24) is 4.90 Å². The molecule has 0 unspecified atom stereocenters. The Kier molecular flexibility index (Phi) is 8.14. The van der Waals surface area contributed by atoms with E-state index in [4.69, 9.17) is 5.84 Å². The number of aliphatic imine (C=N–C) groups is 1. The highest BCUT2D eigenvalue weighted by molar-refractivity contribution is 8.01. The molecule has 6 heteroatoms. The van der Waals surface area contributed by atoms with Gasteiger partial charge in [-0.15, -0.1) is 0 Å². The topological polar surface area (TPSA) is 66.0 Å². The molecule has 0 amide bonds. The Hall–Kier alpha value is -2.31. The van der Waals surface area contributed by atoms with Crippen LogP contribution < -0.4 is 10.6 Å². The lowest BCUT2D eigenvalue weighted by molar-refractivity contribution is 0.239. The third kappa shape index (κ3) is 6.91. The van der Waals surface area contributed by atoms with Crippen LogP contribution in [0.25, 0.3) is 0 Å². The second-order valence-electron chi connectivity index (χ2n) is 7.66. The summed E-state index contributed by atoms with van der Waals surface area (Å²) in [7, 11) is 0. The van der Waals surface area contributed by atoms with E-state index in [2.05, 4.69) is 57.8 Å². The molecule has 0 atom stereocenters. The minimum absolute atomic E-state index is 0.561. The number of benzene rings is 2. The first-order chi connectivity index (χ1) is 14.1. The van der Waals surface area contributed by atoms with Crippen molar-refractivity contribution in [2.45, 2.75) is 37.9 Å². The molecule has 0 bridgehead atoms. The van der Waals surface area contributed by atoms with Crippen molar-refractivity contribution in [2.75, 3.05) is 24.4 Å². The molecule has 0 radical (unpaired) electrons. The summed E-state index contributed by atoms with van der Waals surface area (Å²) in [5, 5.41) is 4.50. The molecule has 0 spiro atoms. The Balaban J connectivity index is 1.51. The van der Waals surface area contributed by atoms with Crippen LogP contribution >= 0.6 is 11.9 Å². The summed E-state index contributed by atoms with van der Waals surface area (Å²) in [5.74, 6) is 6.20. The fourth-order valence-electron chi connectivity index (χ4n) is 3.47. The third-order valence-electron chi connectivity index (χ3n) is 5.03. The monoisotopic (exact) mass is 409 g/mol. The molecule has 0 aromatic heterocycles. The van der Waals surface area contributed by atoms with Crippen molar-refractivity contribution in [3.63, 3.8) is 0 Å². The van der Waals surface area contributed by atoms with Gasteiger partial charge in [0.05, 0.1) is 17.6 Å². The summed E-state index contributed by atoms with van der Waals surface area (Å²) >= 11 is 1.76. The van der Waals surface area contributed by atoms with E-state index in [0.717, 1.165) is 43.9 Å². The fourth-order valence-corrected chi connectivity index (χ4v) is 3.97. The van der Waals surface area contributed by atoms with Crippen LogP contribution in [-0.4, -0.2) is 41.7 Å². The van der Waals surface area contributed by atoms with Crippen LogP contribution in [0.2, 0.25) is 0 Å². The maximum Gasteiger partial charge on any atom is 0.0923 e. The number of hydrogen-bond acceptors (Lipinski definition) is 6. The van der Waals surface area contributed by atoms with Crippen LogP contribution in [0.15, 0.2) is 64.7 Å². The van der Waals surface area contributed by atoms with Crippen molar-refractivity contribution >= 4 is 35.2 Å². The van der Waals surface area contributed by atoms with Crippen molar-refractivity contribution in [3.05, 3.63) is 60.2 Å². The molecule has 0 aliphatic carbocycles. The molecule has 2 aromatic carbocycles. The quantitative estimate of drug-likeness (QED) is 0.277. The van der Waals surface area contributed by atoms with Crippen molar-refractivity contribution in [1.29, 1.82) is 0 Å². The van der Waals surface area contributed by atoms with E-state index < -0.39 is 0 Å². The first-order valence-electron chi connectivity index (χ1n) is 10.2. The van der Waals surface area contributed by atoms with Gasteiger partial charge in [-0.05, 0) is 73.6 Å². The summed E-state index contributed by atoms with van der Waals surface area (Å²) in [4.78, 5) is 6.89. The number of hydrogen-bond donors (Lipinski definition) is 2. The molecule has 2 aromatic rings. The standard InChI is InChI=1S/C23H31N5S/c1-18(2)29-27-22-10-6-7-20(15-22)19-11-13-28(14-12-19)17-23(26-24)16-25-21-8-4-3-5-9-21/h3-10,15-16,18-19,27H,11-14,17,24H2,1-2H3. The zero-order valence-corrected chi connectivity index (χ0v) is 18.1. The first kappa shape index (κ1) is 21.4. The maximum atomic E-state index is 5.60. The van der Waals surface area contributed by atoms with Crippen molar-refractivity contribution < 1.29 is 0 Å². The van der Waals surface area contributed by atoms with Gasteiger partial charge in [0, 0.05) is 17.5 Å². The lowest BCUT2D eigenvalue weighted by Crippen LogP contribution is -2.37. The molecule has 154 valence electrons. The average molecular weight is 410 g/mol. The van der Waals surface area contributed by atoms with Gasteiger partial charge in [-0.3, -0.25) is 9.89 Å². The van der Waals surface area contributed by atoms with E-state index >= 15 is 0 Å². The minimum Gasteiger partial charge on any atom is -0.330 e. The largest absolute Gasteiger partial charge is 0.330 e. The number of anilines is 1. The van der Waals surface area contributed by atoms with E-state index in [1.165, 1.54) is 11.3 Å². The number of para-hydroxylation sites is 1. The first-order valence-corrected chi connectivity index (χ1v) is 11.1. The lowest BCUT2D eigenvalue weighted by Gasteiger charge is -2.32. The Labute approximate surface area is 178 Å². The number of likely N-dealkylation sites (tertiary alicyclic amines) is 1. The van der Waals surface area contributed by atoms with E-state index in [0.29, 0.717) is 11.2 Å². The molecular weight excluding hydrogens is 378 g/mol. The Morgan fingerprint density at radius 1 is 1.17 bits per heavy atom. The summed E-state index contributed by atoms with van der Waals surface area (Å²) in [5.41, 5.74) is 4.34. The van der Waals surface area contributed by atoms with Crippen LogP contribution in [0.1, 0.15) is 38.2 Å². The molecule has 5 nitrogen and oxygen atoms in total. The number of nitrogens with one attached hydrogen (secondary N) is 1. The zero-order valence-electron chi connectivity index (χ0n) is 17.3. The highest BCUT2D eigenvalue weighted by Gasteiger charge is 2.21. The van der Waals surface area contributed by atoms with Gasteiger partial charge in [0.25, 0.3) is 0 Å². The lowest BCUT2D eigenvalue weighted by atomic mass is 9.89. The summed E-state index contributed by atoms with van der Waals surface area (Å²) in [6.45, 7) is 7.22. The molecule has 1 aliphatic heterocycles. The maximum absolute atomic E-state index is 5.60. The number of hydrazone groups is 1. The normalized spacial score (nSPS) is 16.6. The van der Waals surface area contributed by atoms with Crippen LogP contribution in [0.5, 0.6) is 0 Å². The predicted molar refractivity (Wildman–Crippen MR) is 127 cm³/mol. The highest BCUT2D eigenvalue weighted by atomic mass is 32.2. The molecule has 1 heterocycles. The van der Waals surface area contributed by atoms with Crippen LogP contribution in [0, 0.1) is 0 Å². The van der Waals surface area contributed by atoms with E-state index in [1.807, 2.05) is 30.3 Å². The van der Waals surface area contributed by atoms with Gasteiger partial charge < -0.3 is 10.6 Å². The molecular formula is C23H31N5S. The van der Waals surface area contributed by atoms with E-state index in [1.54, 1.807) is 18.2 Å². The van der Waals surface area contributed by atoms with E-state index in [-0.39, 0.29) is 0 Å². The third-order valence-corrected chi connectivity index (χ3v) is 5.85. The average Bonchev–Trinajstić information content (AvgIpc) is 2.76. The number of nitrogens with zero attached hydrogens (tertiary/aromatic N) is 3. The van der Waals surface area contributed by atoms with Crippen molar-refractivity contribution in [2.24, 2.45) is 15.9 Å². The summed E-state index contributed by atoms with van der Waals surface area (Å²) < 4.78 is 3.46. The predicted octanol–water partition coefficient (Wildman–Crippen LogP) is 5.05. The molecule has 3 N–H and O–H groups in total. The van der Waals surface area contributed by atoms with Gasteiger partial charge in [-0.25, -0.2) is 0 Å². The summed E-state index contributed by atoms with van der Waals surface area (Å²) in [6, 6.07) is 18.7. The molecule has 0 saturated carbocycles. The second-order valence-corrected chi connectivity index (χ2v) is 9.04. The Morgan fingerprint density at radius 3 is 2.62 bits per heavy atom. The number of piperidine rings is 1. The van der Waals surface area contributed by atoms with Gasteiger partial charge in [-0.1, -0.05) is 44.2 Å². The number of nitrogens with two attached hydrogens (primary N) is 1. The molecule has 1 fully saturated rings. The van der Waals surface area contributed by atoms with E-state index in [9.17, 15) is 0 Å². The van der Waals surface area contributed by atoms with Gasteiger partial charge in [-0.2, -0.15) is 5.10 Å². The zero-order chi connectivity index (χ0) is 20.5. The SMILES string of the molecule is CC(C)SNc1cccc(C2CCN(CC(C=Nc3ccccc3)=NN)CC2)c1. The molecule has 1 aliphatic rings. The molecule has 3 rings (SSSR count). The van der Waals surface area contributed by atoms with Gasteiger partial charge in [0.1, 0.15) is 0 Å².